The molecule has 0 rings (SSSR count). The van der Waals surface area contributed by atoms with Crippen molar-refractivity contribution in [3.8, 4) is 0 Å². The zero-order valence-corrected chi connectivity index (χ0v) is 68.3. The fourth-order valence-electron chi connectivity index (χ4n) is 12.5. The van der Waals surface area contributed by atoms with Crippen LogP contribution in [0.15, 0.2) is 0 Å². The zero-order valence-electron chi connectivity index (χ0n) is 66.5. The van der Waals surface area contributed by atoms with E-state index in [9.17, 15) is 43.2 Å². The van der Waals surface area contributed by atoms with Gasteiger partial charge in [0.1, 0.15) is 19.3 Å². The van der Waals surface area contributed by atoms with E-state index in [1.807, 2.05) is 0 Å². The molecule has 0 aliphatic heterocycles. The minimum Gasteiger partial charge on any atom is -0.462 e. The van der Waals surface area contributed by atoms with Gasteiger partial charge in [-0.25, -0.2) is 9.13 Å². The van der Waals surface area contributed by atoms with Crippen molar-refractivity contribution in [1.82, 2.24) is 0 Å². The first-order chi connectivity index (χ1) is 48.7. The molecule has 0 aliphatic rings. The molecule has 0 aliphatic carbocycles. The van der Waals surface area contributed by atoms with Crippen molar-refractivity contribution in [3.63, 3.8) is 0 Å². The highest BCUT2D eigenvalue weighted by Gasteiger charge is 2.30. The lowest BCUT2D eigenvalue weighted by Gasteiger charge is -2.21. The van der Waals surface area contributed by atoms with Crippen molar-refractivity contribution in [2.24, 2.45) is 23.7 Å². The topological polar surface area (TPSA) is 237 Å². The van der Waals surface area contributed by atoms with E-state index in [1.165, 1.54) is 218 Å². The Labute approximate surface area is 619 Å². The highest BCUT2D eigenvalue weighted by atomic mass is 31.2. The number of esters is 4. The van der Waals surface area contributed by atoms with Gasteiger partial charge < -0.3 is 33.8 Å². The van der Waals surface area contributed by atoms with Gasteiger partial charge in [-0.1, -0.05) is 370 Å². The molecule has 600 valence electrons. The first kappa shape index (κ1) is 99.1. The Morgan fingerprint density at radius 2 is 0.475 bits per heavy atom. The van der Waals surface area contributed by atoms with Gasteiger partial charge >= 0.3 is 39.5 Å². The minimum atomic E-state index is -4.96. The van der Waals surface area contributed by atoms with Crippen LogP contribution in [0.5, 0.6) is 0 Å². The number of rotatable bonds is 79. The minimum absolute atomic E-state index is 0.107. The van der Waals surface area contributed by atoms with E-state index in [4.69, 9.17) is 37.0 Å². The van der Waals surface area contributed by atoms with Crippen molar-refractivity contribution >= 4 is 39.5 Å². The summed E-state index contributed by atoms with van der Waals surface area (Å²) in [6.07, 6.45) is 58.3. The number of phosphoric ester groups is 2. The largest absolute Gasteiger partial charge is 0.472 e. The molecule has 0 heterocycles. The average Bonchev–Trinajstić information content (AvgIpc) is 0.923. The highest BCUT2D eigenvalue weighted by molar-refractivity contribution is 7.47. The lowest BCUT2D eigenvalue weighted by molar-refractivity contribution is -0.161. The quantitative estimate of drug-likeness (QED) is 0.0222. The maximum atomic E-state index is 13.1. The summed E-state index contributed by atoms with van der Waals surface area (Å²) in [7, 11) is -9.92. The Hall–Kier alpha value is -1.94. The molecule has 0 saturated carbocycles. The Balaban J connectivity index is 5.20. The van der Waals surface area contributed by atoms with E-state index in [-0.39, 0.29) is 25.7 Å². The van der Waals surface area contributed by atoms with Gasteiger partial charge in [-0.3, -0.25) is 37.3 Å². The predicted octanol–water partition coefficient (Wildman–Crippen LogP) is 24.4. The molecule has 0 radical (unpaired) electrons. The first-order valence-electron chi connectivity index (χ1n) is 42.3. The Bertz CT molecular complexity index is 1980. The standard InChI is InChI=1S/C82H160O17P2/c1-9-74(7)60-52-44-36-28-24-20-17-18-22-26-30-40-49-57-65-82(87)99-78(69-93-80(85)63-55-47-41-33-35-43-51-59-73(5)6)71-97-101(90,91)95-67-76(83)66-94-100(88,89)96-70-77(68-92-79(84)62-54-46-38-32-31-37-45-53-61-75(8)10-2)98-81(86)64-56-48-39-29-25-21-16-14-12-11-13-15-19-23-27-34-42-50-58-72(3)4/h72-78,83H,9-71H2,1-8H3,(H,88,89)(H,90,91)/t74?,75?,76?,77-,78-/m1/s1. The second-order valence-corrected chi connectivity index (χ2v) is 33.9. The third kappa shape index (κ3) is 73.4. The number of phosphoric acid groups is 2. The van der Waals surface area contributed by atoms with Crippen molar-refractivity contribution in [1.29, 1.82) is 0 Å². The molecule has 0 fully saturated rings. The van der Waals surface area contributed by atoms with E-state index in [0.717, 1.165) is 114 Å². The van der Waals surface area contributed by atoms with Crippen molar-refractivity contribution in [2.45, 2.75) is 440 Å². The van der Waals surface area contributed by atoms with Gasteiger partial charge in [-0.05, 0) is 49.4 Å². The lowest BCUT2D eigenvalue weighted by atomic mass is 9.99. The summed E-state index contributed by atoms with van der Waals surface area (Å²) in [6.45, 7) is 14.3. The summed E-state index contributed by atoms with van der Waals surface area (Å²) in [5.74, 6) is 1.03. The molecule has 7 atom stereocenters. The van der Waals surface area contributed by atoms with Crippen LogP contribution in [0.2, 0.25) is 0 Å². The van der Waals surface area contributed by atoms with Gasteiger partial charge in [0, 0.05) is 25.7 Å². The molecule has 0 spiro atoms. The number of aliphatic hydroxyl groups excluding tert-OH is 1. The highest BCUT2D eigenvalue weighted by Crippen LogP contribution is 2.45. The van der Waals surface area contributed by atoms with Crippen LogP contribution in [-0.4, -0.2) is 96.7 Å². The van der Waals surface area contributed by atoms with Crippen LogP contribution in [0.1, 0.15) is 421 Å². The predicted molar refractivity (Wildman–Crippen MR) is 414 cm³/mol. The lowest BCUT2D eigenvalue weighted by Crippen LogP contribution is -2.30. The van der Waals surface area contributed by atoms with Gasteiger partial charge in [0.05, 0.1) is 26.4 Å². The molecule has 0 amide bonds. The summed E-state index contributed by atoms with van der Waals surface area (Å²) >= 11 is 0. The van der Waals surface area contributed by atoms with E-state index in [2.05, 4.69) is 55.4 Å². The van der Waals surface area contributed by atoms with Crippen LogP contribution >= 0.6 is 15.6 Å². The summed E-state index contributed by atoms with van der Waals surface area (Å²) in [5, 5.41) is 10.6. The van der Waals surface area contributed by atoms with Crippen molar-refractivity contribution in [2.75, 3.05) is 39.6 Å². The fraction of sp³-hybridized carbons (Fsp3) is 0.951. The zero-order chi connectivity index (χ0) is 74.6. The third-order valence-corrected chi connectivity index (χ3v) is 21.7. The molecule has 5 unspecified atom stereocenters. The van der Waals surface area contributed by atoms with Gasteiger partial charge in [0.2, 0.25) is 0 Å². The molecule has 101 heavy (non-hydrogen) atoms. The number of aliphatic hydroxyl groups is 1. The number of unbranched alkanes of at least 4 members (excludes halogenated alkanes) is 43. The van der Waals surface area contributed by atoms with Crippen molar-refractivity contribution in [3.05, 3.63) is 0 Å². The number of carbonyl (C=O) groups excluding carboxylic acids is 4. The number of carbonyl (C=O) groups is 4. The molecule has 0 saturated heterocycles. The number of ether oxygens (including phenoxy) is 4. The fourth-order valence-corrected chi connectivity index (χ4v) is 14.1. The van der Waals surface area contributed by atoms with Crippen LogP contribution in [0, 0.1) is 23.7 Å². The van der Waals surface area contributed by atoms with E-state index in [1.54, 1.807) is 0 Å². The van der Waals surface area contributed by atoms with Gasteiger partial charge in [0.15, 0.2) is 12.2 Å². The van der Waals surface area contributed by atoms with Gasteiger partial charge in [0.25, 0.3) is 0 Å². The maximum Gasteiger partial charge on any atom is 0.472 e. The van der Waals surface area contributed by atoms with Gasteiger partial charge in [-0.15, -0.1) is 0 Å². The average molecular weight is 1480 g/mol. The van der Waals surface area contributed by atoms with Crippen LogP contribution in [0.25, 0.3) is 0 Å². The third-order valence-electron chi connectivity index (χ3n) is 19.8. The Kier molecular flexibility index (Phi) is 69.6. The molecule has 17 nitrogen and oxygen atoms in total. The smallest absolute Gasteiger partial charge is 0.462 e. The van der Waals surface area contributed by atoms with Gasteiger partial charge in [-0.2, -0.15) is 0 Å². The van der Waals surface area contributed by atoms with Crippen LogP contribution in [0.3, 0.4) is 0 Å². The number of hydrogen-bond acceptors (Lipinski definition) is 15. The Morgan fingerprint density at radius 1 is 0.277 bits per heavy atom. The first-order valence-corrected chi connectivity index (χ1v) is 45.3. The summed E-state index contributed by atoms with van der Waals surface area (Å²) in [5.41, 5.74) is 0. The summed E-state index contributed by atoms with van der Waals surface area (Å²) in [6, 6.07) is 0. The second kappa shape index (κ2) is 71.0. The van der Waals surface area contributed by atoms with E-state index in [0.29, 0.717) is 31.6 Å². The molecular weight excluding hydrogens is 1320 g/mol. The van der Waals surface area contributed by atoms with Crippen molar-refractivity contribution < 1.29 is 80.2 Å². The summed E-state index contributed by atoms with van der Waals surface area (Å²) < 4.78 is 68.7. The molecule has 0 aromatic heterocycles. The van der Waals surface area contributed by atoms with Crippen LogP contribution in [0.4, 0.5) is 0 Å². The second-order valence-electron chi connectivity index (χ2n) is 31.0. The van der Waals surface area contributed by atoms with E-state index >= 15 is 0 Å². The molecule has 19 heteroatoms. The van der Waals surface area contributed by atoms with Crippen LogP contribution in [-0.2, 0) is 65.4 Å². The molecular formula is C82H160O17P2. The molecule has 0 aromatic rings. The SMILES string of the molecule is CCC(C)CCCCCCCCCCCCCCCCC(=O)O[C@H](COC(=O)CCCCCCCCCC(C)C)COP(=O)(O)OCC(O)COP(=O)(O)OC[C@@H](COC(=O)CCCCCCCCCCC(C)CC)OC(=O)CCCCCCCCCCCCCCCCCCCCC(C)C. The van der Waals surface area contributed by atoms with Crippen LogP contribution < -0.4 is 0 Å². The molecule has 0 aromatic carbocycles. The normalized spacial score (nSPS) is 14.5. The van der Waals surface area contributed by atoms with E-state index < -0.39 is 97.5 Å². The monoisotopic (exact) mass is 1480 g/mol. The molecule has 3 N–H and O–H groups in total. The Morgan fingerprint density at radius 3 is 0.703 bits per heavy atom. The molecule has 0 bridgehead atoms. The number of hydrogen-bond donors (Lipinski definition) is 3. The maximum absolute atomic E-state index is 13.1. The summed E-state index contributed by atoms with van der Waals surface area (Å²) in [4.78, 5) is 73.0.